The van der Waals surface area contributed by atoms with Crippen LogP contribution in [-0.4, -0.2) is 38.8 Å². The average Bonchev–Trinajstić information content (AvgIpc) is 2.37. The fourth-order valence-corrected chi connectivity index (χ4v) is 1.34. The number of hydrazone groups is 1. The van der Waals surface area contributed by atoms with Gasteiger partial charge in [0.2, 0.25) is 0 Å². The van der Waals surface area contributed by atoms with Crippen LogP contribution in [0.1, 0.15) is 0 Å². The molecular formula is C13H22N5+. The maximum Gasteiger partial charge on any atom is 0.108 e. The number of benzene rings is 1. The Morgan fingerprint density at radius 3 is 2.56 bits per heavy atom. The first kappa shape index (κ1) is 14.1. The summed E-state index contributed by atoms with van der Waals surface area (Å²) < 4.78 is 0. The van der Waals surface area contributed by atoms with Crippen LogP contribution in [0.5, 0.6) is 0 Å². The van der Waals surface area contributed by atoms with Gasteiger partial charge in [0.15, 0.2) is 0 Å². The molecule has 1 aromatic rings. The second kappa shape index (κ2) is 7.34. The van der Waals surface area contributed by atoms with Crippen molar-refractivity contribution in [3.05, 3.63) is 36.7 Å². The molecule has 5 heteroatoms. The molecule has 0 aliphatic carbocycles. The second-order valence-corrected chi connectivity index (χ2v) is 4.03. The summed E-state index contributed by atoms with van der Waals surface area (Å²) in [6.45, 7) is 0.768. The van der Waals surface area contributed by atoms with E-state index >= 15 is 0 Å². The van der Waals surface area contributed by atoms with Gasteiger partial charge in [-0.3, -0.25) is 5.01 Å². The Morgan fingerprint density at radius 2 is 1.94 bits per heavy atom. The second-order valence-electron chi connectivity index (χ2n) is 4.03. The Morgan fingerprint density at radius 1 is 1.28 bits per heavy atom. The van der Waals surface area contributed by atoms with E-state index < -0.39 is 0 Å². The molecule has 1 aromatic carbocycles. The summed E-state index contributed by atoms with van der Waals surface area (Å²) in [6.07, 6.45) is 5.88. The summed E-state index contributed by atoms with van der Waals surface area (Å²) in [7, 11) is 5.92. The van der Waals surface area contributed by atoms with Crippen LogP contribution in [0.2, 0.25) is 0 Å². The van der Waals surface area contributed by atoms with Gasteiger partial charge >= 0.3 is 0 Å². The molecule has 0 bridgehead atoms. The molecule has 0 aliphatic heterocycles. The smallest absolute Gasteiger partial charge is 0.108 e. The minimum absolute atomic E-state index is 0.761. The third-order valence-electron chi connectivity index (χ3n) is 2.42. The highest BCUT2D eigenvalue weighted by molar-refractivity contribution is 5.62. The van der Waals surface area contributed by atoms with E-state index in [2.05, 4.69) is 10.0 Å². The molecule has 0 amide bonds. The van der Waals surface area contributed by atoms with Gasteiger partial charge < -0.3 is 16.0 Å². The first-order valence-corrected chi connectivity index (χ1v) is 5.91. The molecule has 0 saturated heterocycles. The topological polar surface area (TPSA) is 61.5 Å². The number of anilines is 2. The first-order chi connectivity index (χ1) is 8.63. The van der Waals surface area contributed by atoms with Crippen molar-refractivity contribution in [2.24, 2.45) is 5.10 Å². The van der Waals surface area contributed by atoms with Crippen LogP contribution in [0.25, 0.3) is 0 Å². The fraction of sp³-hybridized carbons (Fsp3) is 0.308. The number of nitrogen functional groups attached to an aromatic ring is 1. The quantitative estimate of drug-likeness (QED) is 0.432. The van der Waals surface area contributed by atoms with Gasteiger partial charge in [-0.05, 0) is 24.3 Å². The van der Waals surface area contributed by atoms with E-state index in [1.165, 1.54) is 0 Å². The SMILES string of the molecule is C[NH2+]/C=C\N(C)C/C=N/N(C)c1ccc(N)cc1. The number of nitrogens with zero attached hydrogens (tertiary/aromatic N) is 3. The lowest BCUT2D eigenvalue weighted by Crippen LogP contribution is -2.72. The molecule has 0 radical (unpaired) electrons. The molecule has 0 aliphatic rings. The van der Waals surface area contributed by atoms with Crippen molar-refractivity contribution in [1.29, 1.82) is 0 Å². The molecule has 1 rings (SSSR count). The lowest BCUT2D eigenvalue weighted by atomic mass is 10.3. The lowest BCUT2D eigenvalue weighted by Gasteiger charge is -2.14. The molecule has 0 atom stereocenters. The highest BCUT2D eigenvalue weighted by Crippen LogP contribution is 2.14. The van der Waals surface area contributed by atoms with Gasteiger partial charge in [0.1, 0.15) is 6.20 Å². The third-order valence-corrected chi connectivity index (χ3v) is 2.42. The van der Waals surface area contributed by atoms with E-state index in [4.69, 9.17) is 5.73 Å². The van der Waals surface area contributed by atoms with Gasteiger partial charge in [0.25, 0.3) is 0 Å². The predicted molar refractivity (Wildman–Crippen MR) is 77.4 cm³/mol. The molecule has 0 unspecified atom stereocenters. The first-order valence-electron chi connectivity index (χ1n) is 5.91. The molecule has 0 saturated carbocycles. The minimum Gasteiger partial charge on any atom is -0.399 e. The number of nitrogens with two attached hydrogens (primary N) is 2. The van der Waals surface area contributed by atoms with Gasteiger partial charge in [-0.2, -0.15) is 5.10 Å². The molecule has 98 valence electrons. The monoisotopic (exact) mass is 248 g/mol. The number of hydrogen-bond acceptors (Lipinski definition) is 4. The average molecular weight is 248 g/mol. The summed E-state index contributed by atoms with van der Waals surface area (Å²) in [5.41, 5.74) is 7.41. The van der Waals surface area contributed by atoms with E-state index in [-0.39, 0.29) is 0 Å². The van der Waals surface area contributed by atoms with Gasteiger partial charge in [-0.1, -0.05) is 0 Å². The minimum atomic E-state index is 0.761. The molecule has 4 N–H and O–H groups in total. The van der Waals surface area contributed by atoms with Crippen LogP contribution in [0, 0.1) is 0 Å². The lowest BCUT2D eigenvalue weighted by molar-refractivity contribution is -0.557. The highest BCUT2D eigenvalue weighted by Gasteiger charge is 1.96. The molecule has 5 nitrogen and oxygen atoms in total. The van der Waals surface area contributed by atoms with Crippen molar-refractivity contribution in [3.63, 3.8) is 0 Å². The summed E-state index contributed by atoms with van der Waals surface area (Å²) in [4.78, 5) is 2.06. The highest BCUT2D eigenvalue weighted by atomic mass is 15.4. The standard InChI is InChI=1S/C13H21N5/c1-15-8-10-17(2)11-9-16-18(3)13-6-4-12(14)5-7-13/h4-10,15H,11,14H2,1-3H3/p+1/b10-8-,16-9+. The molecule has 0 aromatic heterocycles. The van der Waals surface area contributed by atoms with E-state index in [1.54, 1.807) is 0 Å². The van der Waals surface area contributed by atoms with Crippen molar-refractivity contribution in [2.75, 3.05) is 38.4 Å². The van der Waals surface area contributed by atoms with Crippen LogP contribution in [0.4, 0.5) is 11.4 Å². The van der Waals surface area contributed by atoms with Gasteiger partial charge in [0.05, 0.1) is 25.5 Å². The number of quaternary nitrogens is 1. The maximum absolute atomic E-state index is 5.64. The van der Waals surface area contributed by atoms with Crippen molar-refractivity contribution in [1.82, 2.24) is 4.90 Å². The Bertz CT molecular complexity index is 396. The Kier molecular flexibility index (Phi) is 5.73. The van der Waals surface area contributed by atoms with Gasteiger partial charge in [-0.15, -0.1) is 0 Å². The largest absolute Gasteiger partial charge is 0.399 e. The van der Waals surface area contributed by atoms with Crippen LogP contribution < -0.4 is 16.1 Å². The summed E-state index contributed by atoms with van der Waals surface area (Å²) >= 11 is 0. The Labute approximate surface area is 109 Å². The van der Waals surface area contributed by atoms with Crippen LogP contribution in [-0.2, 0) is 0 Å². The van der Waals surface area contributed by atoms with Gasteiger partial charge in [0, 0.05) is 26.0 Å². The summed E-state index contributed by atoms with van der Waals surface area (Å²) in [5.74, 6) is 0. The van der Waals surface area contributed by atoms with Crippen LogP contribution >= 0.6 is 0 Å². The molecular weight excluding hydrogens is 226 g/mol. The van der Waals surface area contributed by atoms with E-state index in [0.717, 1.165) is 17.9 Å². The Balaban J connectivity index is 2.46. The van der Waals surface area contributed by atoms with Crippen LogP contribution in [0.3, 0.4) is 0 Å². The predicted octanol–water partition coefficient (Wildman–Crippen LogP) is 0.287. The van der Waals surface area contributed by atoms with E-state index in [1.807, 2.05) is 74.3 Å². The van der Waals surface area contributed by atoms with E-state index in [9.17, 15) is 0 Å². The summed E-state index contributed by atoms with van der Waals surface area (Å²) in [6, 6.07) is 7.63. The third kappa shape index (κ3) is 4.88. The fourth-order valence-electron chi connectivity index (χ4n) is 1.34. The van der Waals surface area contributed by atoms with Crippen molar-refractivity contribution < 1.29 is 5.32 Å². The van der Waals surface area contributed by atoms with Crippen molar-refractivity contribution in [3.8, 4) is 0 Å². The van der Waals surface area contributed by atoms with Crippen LogP contribution in [0.15, 0.2) is 41.8 Å². The molecule has 0 fully saturated rings. The Hall–Kier alpha value is -2.01. The van der Waals surface area contributed by atoms with E-state index in [0.29, 0.717) is 0 Å². The zero-order chi connectivity index (χ0) is 13.4. The zero-order valence-electron chi connectivity index (χ0n) is 11.2. The number of hydrogen-bond donors (Lipinski definition) is 2. The maximum atomic E-state index is 5.64. The zero-order valence-corrected chi connectivity index (χ0v) is 11.2. The summed E-state index contributed by atoms with van der Waals surface area (Å²) in [5, 5.41) is 8.17. The normalized spacial score (nSPS) is 11.3. The number of rotatable bonds is 6. The molecule has 0 spiro atoms. The molecule has 0 heterocycles. The van der Waals surface area contributed by atoms with Crippen molar-refractivity contribution in [2.45, 2.75) is 0 Å². The molecule has 18 heavy (non-hydrogen) atoms. The van der Waals surface area contributed by atoms with Crippen molar-refractivity contribution >= 4 is 17.6 Å². The van der Waals surface area contributed by atoms with Gasteiger partial charge in [-0.25, -0.2) is 0 Å².